The lowest BCUT2D eigenvalue weighted by Gasteiger charge is -2.30. The first kappa shape index (κ1) is 9.69. The molecule has 0 fully saturated rings. The Labute approximate surface area is 85.7 Å². The molecule has 1 aliphatic rings. The van der Waals surface area contributed by atoms with E-state index in [1.54, 1.807) is 5.56 Å². The fourth-order valence-electron chi connectivity index (χ4n) is 2.03. The number of benzene rings is 1. The largest absolute Gasteiger partial charge is 0.318 e. The molecule has 2 rings (SSSR count). The van der Waals surface area contributed by atoms with Gasteiger partial charge in [-0.15, -0.1) is 0 Å². The van der Waals surface area contributed by atoms with Crippen LogP contribution in [0.3, 0.4) is 0 Å². The van der Waals surface area contributed by atoms with Crippen molar-refractivity contribution in [3.63, 3.8) is 0 Å². The van der Waals surface area contributed by atoms with E-state index in [1.165, 1.54) is 12.0 Å². The van der Waals surface area contributed by atoms with Crippen molar-refractivity contribution in [2.24, 2.45) is 0 Å². The maximum Gasteiger partial charge on any atom is 0.00768 e. The van der Waals surface area contributed by atoms with Gasteiger partial charge in [-0.25, -0.2) is 0 Å². The Hall–Kier alpha value is -0.860. The molecule has 1 aliphatic carbocycles. The number of likely N-dealkylation sites (N-methyl/N-ethyl adjacent to an activating group) is 1. The van der Waals surface area contributed by atoms with Crippen LogP contribution >= 0.6 is 0 Å². The third kappa shape index (κ3) is 1.97. The molecule has 14 heavy (non-hydrogen) atoms. The molecule has 0 aromatic heterocycles. The van der Waals surface area contributed by atoms with Crippen LogP contribution in [0.1, 0.15) is 17.0 Å². The number of nitrogens with one attached hydrogen (secondary N) is 2. The molecule has 2 N–H and O–H groups in total. The summed E-state index contributed by atoms with van der Waals surface area (Å²) in [4.78, 5) is 0. The van der Waals surface area contributed by atoms with Gasteiger partial charge in [0.1, 0.15) is 0 Å². The molecule has 1 unspecified atom stereocenters. The molecule has 0 amide bonds. The van der Waals surface area contributed by atoms with E-state index < -0.39 is 0 Å². The van der Waals surface area contributed by atoms with E-state index in [9.17, 15) is 0 Å². The summed E-state index contributed by atoms with van der Waals surface area (Å²) in [5, 5.41) is 6.60. The van der Waals surface area contributed by atoms with E-state index >= 15 is 0 Å². The van der Waals surface area contributed by atoms with Crippen molar-refractivity contribution >= 4 is 0 Å². The summed E-state index contributed by atoms with van der Waals surface area (Å²) in [7, 11) is 1.99. The van der Waals surface area contributed by atoms with E-state index in [1.807, 2.05) is 7.05 Å². The maximum absolute atomic E-state index is 3.47. The molecule has 0 spiro atoms. The Morgan fingerprint density at radius 3 is 2.93 bits per heavy atom. The van der Waals surface area contributed by atoms with Gasteiger partial charge < -0.3 is 10.6 Å². The van der Waals surface area contributed by atoms with E-state index in [2.05, 4.69) is 34.9 Å². The quantitative estimate of drug-likeness (QED) is 0.680. The van der Waals surface area contributed by atoms with Crippen molar-refractivity contribution in [3.8, 4) is 0 Å². The number of hydrogen-bond donors (Lipinski definition) is 2. The second-order valence-corrected chi connectivity index (χ2v) is 3.91. The lowest BCUT2D eigenvalue weighted by molar-refractivity contribution is 0.531. The molecule has 1 aromatic rings. The minimum absolute atomic E-state index is 0.753. The van der Waals surface area contributed by atoms with Gasteiger partial charge in [-0.3, -0.25) is 0 Å². The van der Waals surface area contributed by atoms with E-state index in [0.717, 1.165) is 25.6 Å². The molecule has 0 saturated heterocycles. The minimum Gasteiger partial charge on any atom is -0.318 e. The van der Waals surface area contributed by atoms with E-state index in [0.29, 0.717) is 0 Å². The molecule has 1 atom stereocenters. The molecule has 0 bridgehead atoms. The first-order valence-electron chi connectivity index (χ1n) is 5.35. The van der Waals surface area contributed by atoms with Crippen molar-refractivity contribution in [2.75, 3.05) is 26.7 Å². The van der Waals surface area contributed by atoms with Gasteiger partial charge in [-0.05, 0) is 24.6 Å². The van der Waals surface area contributed by atoms with Gasteiger partial charge in [0.2, 0.25) is 0 Å². The molecule has 2 heteroatoms. The zero-order valence-corrected chi connectivity index (χ0v) is 8.72. The van der Waals surface area contributed by atoms with Crippen LogP contribution < -0.4 is 10.6 Å². The highest BCUT2D eigenvalue weighted by Crippen LogP contribution is 2.33. The second kappa shape index (κ2) is 4.58. The van der Waals surface area contributed by atoms with Gasteiger partial charge in [0.15, 0.2) is 0 Å². The Morgan fingerprint density at radius 1 is 1.29 bits per heavy atom. The first-order valence-corrected chi connectivity index (χ1v) is 5.35. The van der Waals surface area contributed by atoms with Crippen LogP contribution in [0, 0.1) is 0 Å². The molecular weight excluding hydrogens is 172 g/mol. The highest BCUT2D eigenvalue weighted by atomic mass is 14.9. The average Bonchev–Trinajstić information content (AvgIpc) is 2.19. The fourth-order valence-corrected chi connectivity index (χ4v) is 2.03. The van der Waals surface area contributed by atoms with Gasteiger partial charge in [0.25, 0.3) is 0 Å². The molecule has 0 aliphatic heterocycles. The van der Waals surface area contributed by atoms with Crippen LogP contribution in [0.5, 0.6) is 0 Å². The summed E-state index contributed by atoms with van der Waals surface area (Å²) in [5.41, 5.74) is 3.08. The standard InChI is InChI=1S/C12H18N2/c1-13-6-7-14-9-11-8-10-4-2-3-5-12(10)11/h2-5,11,13-14H,6-9H2,1H3. The Bertz CT molecular complexity index is 296. The van der Waals surface area contributed by atoms with Crippen LogP contribution in [0.25, 0.3) is 0 Å². The molecule has 0 radical (unpaired) electrons. The molecule has 76 valence electrons. The number of rotatable bonds is 5. The smallest absolute Gasteiger partial charge is 0.00768 e. The van der Waals surface area contributed by atoms with Crippen LogP contribution in [0.2, 0.25) is 0 Å². The minimum atomic E-state index is 0.753. The van der Waals surface area contributed by atoms with Crippen LogP contribution in [0.15, 0.2) is 24.3 Å². The Balaban J connectivity index is 1.76. The van der Waals surface area contributed by atoms with Crippen LogP contribution in [-0.4, -0.2) is 26.7 Å². The zero-order chi connectivity index (χ0) is 9.80. The van der Waals surface area contributed by atoms with Crippen molar-refractivity contribution < 1.29 is 0 Å². The van der Waals surface area contributed by atoms with Crippen LogP contribution in [0.4, 0.5) is 0 Å². The molecule has 1 aromatic carbocycles. The Morgan fingerprint density at radius 2 is 2.14 bits per heavy atom. The third-order valence-electron chi connectivity index (χ3n) is 2.90. The topological polar surface area (TPSA) is 24.1 Å². The summed E-state index contributed by atoms with van der Waals surface area (Å²) in [6.45, 7) is 3.24. The normalized spacial score (nSPS) is 18.8. The fraction of sp³-hybridized carbons (Fsp3) is 0.500. The van der Waals surface area contributed by atoms with E-state index in [4.69, 9.17) is 0 Å². The van der Waals surface area contributed by atoms with Crippen molar-refractivity contribution in [1.29, 1.82) is 0 Å². The summed E-state index contributed by atoms with van der Waals surface area (Å²) in [6.07, 6.45) is 1.25. The highest BCUT2D eigenvalue weighted by molar-refractivity contribution is 5.40. The molecule has 0 saturated carbocycles. The lowest BCUT2D eigenvalue weighted by atomic mass is 9.78. The summed E-state index contributed by atoms with van der Waals surface area (Å²) in [5.74, 6) is 0.753. The maximum atomic E-state index is 3.47. The molecule has 0 heterocycles. The number of fused-ring (bicyclic) bond motifs is 1. The molecule has 2 nitrogen and oxygen atoms in total. The summed E-state index contributed by atoms with van der Waals surface area (Å²) >= 11 is 0. The summed E-state index contributed by atoms with van der Waals surface area (Å²) in [6, 6.07) is 8.75. The van der Waals surface area contributed by atoms with Gasteiger partial charge in [0.05, 0.1) is 0 Å². The SMILES string of the molecule is CNCCNCC1Cc2ccccc21. The Kier molecular flexibility index (Phi) is 3.17. The predicted octanol–water partition coefficient (Wildman–Crippen LogP) is 1.14. The number of hydrogen-bond acceptors (Lipinski definition) is 2. The van der Waals surface area contributed by atoms with Gasteiger partial charge in [-0.1, -0.05) is 24.3 Å². The molecular formula is C12H18N2. The summed E-state index contributed by atoms with van der Waals surface area (Å²) < 4.78 is 0. The van der Waals surface area contributed by atoms with Crippen LogP contribution in [-0.2, 0) is 6.42 Å². The lowest BCUT2D eigenvalue weighted by Crippen LogP contribution is -2.32. The highest BCUT2D eigenvalue weighted by Gasteiger charge is 2.24. The van der Waals surface area contributed by atoms with Crippen molar-refractivity contribution in [1.82, 2.24) is 10.6 Å². The van der Waals surface area contributed by atoms with Gasteiger partial charge in [0, 0.05) is 25.6 Å². The van der Waals surface area contributed by atoms with Gasteiger partial charge in [-0.2, -0.15) is 0 Å². The van der Waals surface area contributed by atoms with Gasteiger partial charge >= 0.3 is 0 Å². The zero-order valence-electron chi connectivity index (χ0n) is 8.72. The predicted molar refractivity (Wildman–Crippen MR) is 59.7 cm³/mol. The van der Waals surface area contributed by atoms with E-state index in [-0.39, 0.29) is 0 Å². The third-order valence-corrected chi connectivity index (χ3v) is 2.90. The van der Waals surface area contributed by atoms with Crippen molar-refractivity contribution in [2.45, 2.75) is 12.3 Å². The van der Waals surface area contributed by atoms with Crippen molar-refractivity contribution in [3.05, 3.63) is 35.4 Å². The monoisotopic (exact) mass is 190 g/mol. The first-order chi connectivity index (χ1) is 6.92. The second-order valence-electron chi connectivity index (χ2n) is 3.91. The average molecular weight is 190 g/mol.